The molecule has 0 bridgehead atoms. The summed E-state index contributed by atoms with van der Waals surface area (Å²) in [6.45, 7) is 2.74. The molecule has 6 heteroatoms. The van der Waals surface area contributed by atoms with E-state index in [4.69, 9.17) is 4.74 Å². The van der Waals surface area contributed by atoms with E-state index >= 15 is 0 Å². The van der Waals surface area contributed by atoms with E-state index in [1.807, 2.05) is 0 Å². The van der Waals surface area contributed by atoms with Crippen LogP contribution in [0.4, 0.5) is 8.78 Å². The maximum Gasteiger partial charge on any atom is 0.257 e. The molecular formula is C13H14BrF2NO2. The summed E-state index contributed by atoms with van der Waals surface area (Å²) in [5.41, 5.74) is 0.171. The molecule has 0 N–H and O–H groups in total. The first-order chi connectivity index (χ1) is 9.02. The number of morpholine rings is 1. The molecule has 0 aromatic heterocycles. The summed E-state index contributed by atoms with van der Waals surface area (Å²) in [5, 5.41) is 0.613. The predicted octanol–water partition coefficient (Wildman–Crippen LogP) is 2.51. The molecule has 2 rings (SSSR count). The van der Waals surface area contributed by atoms with Crippen molar-refractivity contribution in [3.05, 3.63) is 34.9 Å². The van der Waals surface area contributed by atoms with Gasteiger partial charge >= 0.3 is 0 Å². The second kappa shape index (κ2) is 5.96. The molecule has 1 saturated heterocycles. The van der Waals surface area contributed by atoms with Crippen molar-refractivity contribution in [3.8, 4) is 0 Å². The summed E-state index contributed by atoms with van der Waals surface area (Å²) < 4.78 is 32.3. The Hall–Kier alpha value is -1.01. The minimum atomic E-state index is -0.824. The summed E-state index contributed by atoms with van der Waals surface area (Å²) in [6.07, 6.45) is -0.0951. The zero-order valence-electron chi connectivity index (χ0n) is 10.5. The molecule has 3 nitrogen and oxygen atoms in total. The first kappa shape index (κ1) is 14.4. The Labute approximate surface area is 118 Å². The lowest BCUT2D eigenvalue weighted by Crippen LogP contribution is -2.46. The number of amides is 1. The van der Waals surface area contributed by atoms with E-state index in [1.54, 1.807) is 0 Å². The van der Waals surface area contributed by atoms with Gasteiger partial charge in [0.1, 0.15) is 11.6 Å². The molecule has 1 aliphatic rings. The fraction of sp³-hybridized carbons (Fsp3) is 0.462. The lowest BCUT2D eigenvalue weighted by Gasteiger charge is -2.32. The summed E-state index contributed by atoms with van der Waals surface area (Å²) in [6, 6.07) is 2.01. The topological polar surface area (TPSA) is 29.5 Å². The number of carbonyl (C=O) groups excluding carboxylic acids is 1. The number of benzene rings is 1. The highest BCUT2D eigenvalue weighted by molar-refractivity contribution is 9.09. The average molecular weight is 334 g/mol. The van der Waals surface area contributed by atoms with Gasteiger partial charge < -0.3 is 9.64 Å². The van der Waals surface area contributed by atoms with Crippen LogP contribution in [-0.2, 0) is 4.74 Å². The Morgan fingerprint density at radius 2 is 2.21 bits per heavy atom. The molecule has 0 radical (unpaired) electrons. The monoisotopic (exact) mass is 333 g/mol. The minimum Gasteiger partial charge on any atom is -0.374 e. The van der Waals surface area contributed by atoms with E-state index in [2.05, 4.69) is 15.9 Å². The van der Waals surface area contributed by atoms with Gasteiger partial charge in [0.15, 0.2) is 0 Å². The standard InChI is InChI=1S/C13H14BrF2NO2/c1-8-4-10(12(16)5-11(8)15)13(18)17-2-3-19-9(6-14)7-17/h4-5,9H,2-3,6-7H2,1H3. The van der Waals surface area contributed by atoms with E-state index in [9.17, 15) is 13.6 Å². The van der Waals surface area contributed by atoms with Crippen molar-refractivity contribution in [2.75, 3.05) is 25.0 Å². The SMILES string of the molecule is Cc1cc(C(=O)N2CCOC(CBr)C2)c(F)cc1F. The van der Waals surface area contributed by atoms with E-state index in [1.165, 1.54) is 17.9 Å². The first-order valence-electron chi connectivity index (χ1n) is 5.95. The summed E-state index contributed by atoms with van der Waals surface area (Å²) in [5.74, 6) is -1.89. The van der Waals surface area contributed by atoms with Crippen LogP contribution < -0.4 is 0 Å². The van der Waals surface area contributed by atoms with Crippen LogP contribution in [0.15, 0.2) is 12.1 Å². The molecule has 1 amide bonds. The Bertz CT molecular complexity index is 496. The quantitative estimate of drug-likeness (QED) is 0.778. The van der Waals surface area contributed by atoms with Gasteiger partial charge in [0.2, 0.25) is 0 Å². The highest BCUT2D eigenvalue weighted by atomic mass is 79.9. The van der Waals surface area contributed by atoms with Gasteiger partial charge in [-0.05, 0) is 18.6 Å². The molecule has 0 spiro atoms. The van der Waals surface area contributed by atoms with Gasteiger partial charge in [-0.15, -0.1) is 0 Å². The van der Waals surface area contributed by atoms with E-state index < -0.39 is 17.5 Å². The van der Waals surface area contributed by atoms with Crippen LogP contribution in [0, 0.1) is 18.6 Å². The summed E-state index contributed by atoms with van der Waals surface area (Å²) >= 11 is 3.29. The average Bonchev–Trinajstić information content (AvgIpc) is 2.42. The fourth-order valence-corrected chi connectivity index (χ4v) is 2.38. The third-order valence-electron chi connectivity index (χ3n) is 3.08. The number of halogens is 3. The number of alkyl halides is 1. The number of nitrogens with zero attached hydrogens (tertiary/aromatic N) is 1. The molecule has 1 unspecified atom stereocenters. The van der Waals surface area contributed by atoms with Gasteiger partial charge in [-0.1, -0.05) is 15.9 Å². The number of hydrogen-bond donors (Lipinski definition) is 0. The molecule has 1 heterocycles. The number of hydrogen-bond acceptors (Lipinski definition) is 2. The van der Waals surface area contributed by atoms with Crippen molar-refractivity contribution < 1.29 is 18.3 Å². The van der Waals surface area contributed by atoms with Crippen LogP contribution in [-0.4, -0.2) is 41.9 Å². The number of carbonyl (C=O) groups is 1. The molecule has 1 aliphatic heterocycles. The third-order valence-corrected chi connectivity index (χ3v) is 3.80. The molecule has 0 aliphatic carbocycles. The van der Waals surface area contributed by atoms with Crippen molar-refractivity contribution in [2.45, 2.75) is 13.0 Å². The molecule has 1 aromatic rings. The van der Waals surface area contributed by atoms with Crippen LogP contribution in [0.3, 0.4) is 0 Å². The predicted molar refractivity (Wildman–Crippen MR) is 70.5 cm³/mol. The zero-order chi connectivity index (χ0) is 14.0. The lowest BCUT2D eigenvalue weighted by atomic mass is 10.1. The van der Waals surface area contributed by atoms with E-state index in [0.717, 1.165) is 6.07 Å². The summed E-state index contributed by atoms with van der Waals surface area (Å²) in [4.78, 5) is 13.8. The molecule has 104 valence electrons. The van der Waals surface area contributed by atoms with Crippen LogP contribution >= 0.6 is 15.9 Å². The fourth-order valence-electron chi connectivity index (χ4n) is 1.99. The van der Waals surface area contributed by atoms with Gasteiger partial charge in [-0.25, -0.2) is 8.78 Å². The number of ether oxygens (including phenoxy) is 1. The third kappa shape index (κ3) is 3.12. The highest BCUT2D eigenvalue weighted by Crippen LogP contribution is 2.18. The Morgan fingerprint density at radius 3 is 2.89 bits per heavy atom. The van der Waals surface area contributed by atoms with Crippen molar-refractivity contribution in [1.82, 2.24) is 4.90 Å². The lowest BCUT2D eigenvalue weighted by molar-refractivity contribution is -0.00983. The van der Waals surface area contributed by atoms with Gasteiger partial charge in [0.25, 0.3) is 5.91 Å². The first-order valence-corrected chi connectivity index (χ1v) is 7.07. The van der Waals surface area contributed by atoms with Crippen molar-refractivity contribution in [2.24, 2.45) is 0 Å². The normalized spacial score (nSPS) is 19.6. The summed E-state index contributed by atoms with van der Waals surface area (Å²) in [7, 11) is 0. The number of aryl methyl sites for hydroxylation is 1. The molecular weight excluding hydrogens is 320 g/mol. The van der Waals surface area contributed by atoms with E-state index in [0.29, 0.717) is 25.0 Å². The van der Waals surface area contributed by atoms with Gasteiger partial charge in [0.05, 0.1) is 18.3 Å². The maximum atomic E-state index is 13.7. The number of rotatable bonds is 2. The smallest absolute Gasteiger partial charge is 0.257 e. The molecule has 1 aromatic carbocycles. The second-order valence-electron chi connectivity index (χ2n) is 4.48. The van der Waals surface area contributed by atoms with Gasteiger partial charge in [0, 0.05) is 24.5 Å². The zero-order valence-corrected chi connectivity index (χ0v) is 12.0. The molecule has 19 heavy (non-hydrogen) atoms. The molecule has 0 saturated carbocycles. The Kier molecular flexibility index (Phi) is 4.52. The van der Waals surface area contributed by atoms with E-state index in [-0.39, 0.29) is 17.2 Å². The van der Waals surface area contributed by atoms with Crippen molar-refractivity contribution >= 4 is 21.8 Å². The van der Waals surface area contributed by atoms with Crippen LogP contribution in [0.5, 0.6) is 0 Å². The molecule has 1 atom stereocenters. The largest absolute Gasteiger partial charge is 0.374 e. The van der Waals surface area contributed by atoms with Crippen LogP contribution in [0.1, 0.15) is 15.9 Å². The maximum absolute atomic E-state index is 13.7. The second-order valence-corrected chi connectivity index (χ2v) is 5.13. The molecule has 1 fully saturated rings. The minimum absolute atomic E-state index is 0.0888. The van der Waals surface area contributed by atoms with Gasteiger partial charge in [-0.3, -0.25) is 4.79 Å². The highest BCUT2D eigenvalue weighted by Gasteiger charge is 2.26. The van der Waals surface area contributed by atoms with Crippen LogP contribution in [0.25, 0.3) is 0 Å². The van der Waals surface area contributed by atoms with Crippen molar-refractivity contribution in [1.29, 1.82) is 0 Å². The van der Waals surface area contributed by atoms with Crippen molar-refractivity contribution in [3.63, 3.8) is 0 Å². The van der Waals surface area contributed by atoms with Crippen LogP contribution in [0.2, 0.25) is 0 Å². The van der Waals surface area contributed by atoms with Gasteiger partial charge in [-0.2, -0.15) is 0 Å². The Balaban J connectivity index is 2.22. The Morgan fingerprint density at radius 1 is 1.47 bits per heavy atom.